The maximum atomic E-state index is 11.7. The van der Waals surface area contributed by atoms with E-state index < -0.39 is 17.7 Å². The van der Waals surface area contributed by atoms with Gasteiger partial charge in [-0.3, -0.25) is 9.59 Å². The van der Waals surface area contributed by atoms with Crippen molar-refractivity contribution in [1.29, 1.82) is 0 Å². The van der Waals surface area contributed by atoms with Crippen LogP contribution < -0.4 is 33.0 Å². The van der Waals surface area contributed by atoms with E-state index in [1.165, 1.54) is 0 Å². The highest BCUT2D eigenvalue weighted by molar-refractivity contribution is 6.02. The summed E-state index contributed by atoms with van der Waals surface area (Å²) in [6, 6.07) is 6.87. The van der Waals surface area contributed by atoms with Gasteiger partial charge in [0.1, 0.15) is 17.3 Å². The highest BCUT2D eigenvalue weighted by Crippen LogP contribution is 2.36. The molecule has 28 heavy (non-hydrogen) atoms. The van der Waals surface area contributed by atoms with Crippen LogP contribution in [0.3, 0.4) is 0 Å². The van der Waals surface area contributed by atoms with Crippen molar-refractivity contribution in [2.45, 2.75) is 26.2 Å². The third-order valence-corrected chi connectivity index (χ3v) is 4.25. The molecule has 10 N–H and O–H groups in total. The molecule has 0 saturated heterocycles. The molecule has 3 rings (SSSR count). The summed E-state index contributed by atoms with van der Waals surface area (Å²) in [4.78, 5) is 26.1. The van der Waals surface area contributed by atoms with Gasteiger partial charge in [-0.15, -0.1) is 0 Å². The van der Waals surface area contributed by atoms with Gasteiger partial charge in [0.15, 0.2) is 0 Å². The smallest absolute Gasteiger partial charge is 0.266 e. The Hall–Kier alpha value is -3.62. The van der Waals surface area contributed by atoms with E-state index in [2.05, 4.69) is 10.3 Å². The molecule has 1 aliphatic heterocycles. The zero-order chi connectivity index (χ0) is 20.8. The van der Waals surface area contributed by atoms with Crippen molar-refractivity contribution in [2.24, 2.45) is 17.2 Å². The van der Waals surface area contributed by atoms with Gasteiger partial charge in [0.2, 0.25) is 5.91 Å². The molecule has 1 aliphatic rings. The fourth-order valence-electron chi connectivity index (χ4n) is 2.92. The first-order valence-corrected chi connectivity index (χ1v) is 8.94. The van der Waals surface area contributed by atoms with Gasteiger partial charge in [0, 0.05) is 23.0 Å². The molecule has 1 unspecified atom stereocenters. The highest BCUT2D eigenvalue weighted by Gasteiger charge is 2.26. The number of anilines is 2. The summed E-state index contributed by atoms with van der Waals surface area (Å²) in [5.74, 6) is -0.731. The van der Waals surface area contributed by atoms with Gasteiger partial charge < -0.3 is 38.0 Å². The molecule has 150 valence electrons. The number of ether oxygens (including phenoxy) is 1. The number of primary amides is 2. The normalized spacial score (nSPS) is 15.9. The summed E-state index contributed by atoms with van der Waals surface area (Å²) in [6.45, 7) is 4.42. The Bertz CT molecular complexity index is 903. The molecule has 1 aromatic carbocycles. The summed E-state index contributed by atoms with van der Waals surface area (Å²) < 4.78 is 5.57. The van der Waals surface area contributed by atoms with Crippen molar-refractivity contribution in [3.63, 3.8) is 0 Å². The van der Waals surface area contributed by atoms with Crippen LogP contribution in [0.2, 0.25) is 0 Å². The van der Waals surface area contributed by atoms with E-state index in [1.54, 1.807) is 30.5 Å². The van der Waals surface area contributed by atoms with Crippen LogP contribution in [0.4, 0.5) is 11.5 Å². The van der Waals surface area contributed by atoms with Gasteiger partial charge in [-0.25, -0.2) is 0 Å². The predicted octanol–water partition coefficient (Wildman–Crippen LogP) is 1.20. The maximum Gasteiger partial charge on any atom is 0.266 e. The number of fused-ring (bicyclic) bond motifs is 1. The van der Waals surface area contributed by atoms with E-state index >= 15 is 0 Å². The minimum Gasteiger partial charge on any atom is -0.493 e. The highest BCUT2D eigenvalue weighted by atomic mass is 16.5. The molecule has 2 heterocycles. The van der Waals surface area contributed by atoms with Crippen molar-refractivity contribution < 1.29 is 14.3 Å². The molecule has 0 saturated carbocycles. The fourth-order valence-corrected chi connectivity index (χ4v) is 2.92. The number of nitrogen functional groups attached to an aromatic ring is 1. The zero-order valence-electron chi connectivity index (χ0n) is 15.9. The van der Waals surface area contributed by atoms with Gasteiger partial charge >= 0.3 is 0 Å². The second kappa shape index (κ2) is 8.85. The van der Waals surface area contributed by atoms with E-state index in [0.29, 0.717) is 41.4 Å². The molecule has 1 aromatic heterocycles. The lowest BCUT2D eigenvalue weighted by atomic mass is 9.92. The predicted molar refractivity (Wildman–Crippen MR) is 109 cm³/mol. The van der Waals surface area contributed by atoms with Gasteiger partial charge in [0.05, 0.1) is 18.2 Å². The molecule has 0 radical (unpaired) electrons. The number of hydrogen-bond acceptors (Lipinski definition) is 6. The third-order valence-electron chi connectivity index (χ3n) is 4.25. The first kappa shape index (κ1) is 20.7. The maximum absolute atomic E-state index is 11.7. The molecule has 0 bridgehead atoms. The number of rotatable bonds is 5. The molecule has 1 atom stereocenters. The number of aromatic amines is 1. The summed E-state index contributed by atoms with van der Waals surface area (Å²) >= 11 is 0. The SMILES string of the molecule is CC.NC(=O)/C(N)=C(\Nc1ccc2c(c1)C(C(N)=O)CCO2)c1cc[nH]c1N. The first-order valence-electron chi connectivity index (χ1n) is 8.94. The number of carbonyl (C=O) groups is 2. The fraction of sp³-hybridized carbons (Fsp3) is 0.263. The zero-order valence-corrected chi connectivity index (χ0v) is 15.9. The Kier molecular flexibility index (Phi) is 6.54. The Morgan fingerprint density at radius 3 is 2.46 bits per heavy atom. The Morgan fingerprint density at radius 2 is 1.89 bits per heavy atom. The van der Waals surface area contributed by atoms with Gasteiger partial charge in [-0.05, 0) is 30.7 Å². The van der Waals surface area contributed by atoms with Crippen LogP contribution in [0.15, 0.2) is 36.2 Å². The number of aromatic nitrogens is 1. The number of benzene rings is 1. The van der Waals surface area contributed by atoms with Crippen LogP contribution >= 0.6 is 0 Å². The number of hydrogen-bond donors (Lipinski definition) is 6. The van der Waals surface area contributed by atoms with Crippen LogP contribution in [0, 0.1) is 0 Å². The molecular weight excluding hydrogens is 360 g/mol. The van der Waals surface area contributed by atoms with E-state index in [1.807, 2.05) is 13.8 Å². The minimum absolute atomic E-state index is 0.170. The molecule has 0 fully saturated rings. The van der Waals surface area contributed by atoms with E-state index in [9.17, 15) is 9.59 Å². The quantitative estimate of drug-likeness (QED) is 0.421. The van der Waals surface area contributed by atoms with Crippen molar-refractivity contribution in [3.05, 3.63) is 47.3 Å². The lowest BCUT2D eigenvalue weighted by molar-refractivity contribution is -0.120. The monoisotopic (exact) mass is 386 g/mol. The van der Waals surface area contributed by atoms with Crippen molar-refractivity contribution in [2.75, 3.05) is 17.7 Å². The van der Waals surface area contributed by atoms with Gasteiger partial charge in [-0.1, -0.05) is 13.8 Å². The second-order valence-electron chi connectivity index (χ2n) is 5.93. The molecule has 0 aliphatic carbocycles. The van der Waals surface area contributed by atoms with Crippen LogP contribution in [-0.4, -0.2) is 23.4 Å². The summed E-state index contributed by atoms with van der Waals surface area (Å²) in [7, 11) is 0. The third kappa shape index (κ3) is 4.20. The van der Waals surface area contributed by atoms with E-state index in [-0.39, 0.29) is 11.4 Å². The van der Waals surface area contributed by atoms with Crippen molar-refractivity contribution in [3.8, 4) is 5.75 Å². The molecule has 9 heteroatoms. The lowest BCUT2D eigenvalue weighted by Gasteiger charge is -2.24. The topological polar surface area (TPSA) is 175 Å². The second-order valence-corrected chi connectivity index (χ2v) is 5.93. The van der Waals surface area contributed by atoms with Gasteiger partial charge in [0.25, 0.3) is 5.91 Å². The number of nitrogens with two attached hydrogens (primary N) is 4. The number of H-pyrrole nitrogens is 1. The molecule has 0 spiro atoms. The average molecular weight is 386 g/mol. The summed E-state index contributed by atoms with van der Waals surface area (Å²) in [5.41, 5.74) is 24.4. The summed E-state index contributed by atoms with van der Waals surface area (Å²) in [6.07, 6.45) is 2.12. The Morgan fingerprint density at radius 1 is 1.18 bits per heavy atom. The number of amides is 2. The van der Waals surface area contributed by atoms with E-state index in [0.717, 1.165) is 0 Å². The average Bonchev–Trinajstić information content (AvgIpc) is 3.12. The lowest BCUT2D eigenvalue weighted by Crippen LogP contribution is -2.27. The van der Waals surface area contributed by atoms with Crippen LogP contribution in [0.5, 0.6) is 5.75 Å². The molecule has 9 nitrogen and oxygen atoms in total. The van der Waals surface area contributed by atoms with Gasteiger partial charge in [-0.2, -0.15) is 0 Å². The summed E-state index contributed by atoms with van der Waals surface area (Å²) in [5, 5.41) is 3.06. The molecule has 2 aromatic rings. The Balaban J connectivity index is 0.00000136. The number of carbonyl (C=O) groups excluding carboxylic acids is 2. The van der Waals surface area contributed by atoms with Crippen LogP contribution in [-0.2, 0) is 9.59 Å². The van der Waals surface area contributed by atoms with Crippen LogP contribution in [0.1, 0.15) is 37.3 Å². The standard InChI is InChI=1S/C17H20N6O3.C2H6/c18-13(17(21)25)14(10-3-5-22-15(10)19)23-8-1-2-12-11(7-8)9(16(20)24)4-6-26-12;1-2/h1-3,5,7,9,22-23H,4,6,18-19H2,(H2,20,24)(H2,21,25);1-2H3/b14-13+;. The first-order chi connectivity index (χ1) is 13.4. The number of nitrogens with one attached hydrogen (secondary N) is 2. The minimum atomic E-state index is -0.788. The van der Waals surface area contributed by atoms with E-state index in [4.69, 9.17) is 27.7 Å². The molecule has 2 amide bonds. The van der Waals surface area contributed by atoms with Crippen molar-refractivity contribution >= 4 is 29.0 Å². The largest absolute Gasteiger partial charge is 0.493 e. The molecular formula is C19H26N6O3. The Labute approximate surface area is 163 Å². The van der Waals surface area contributed by atoms with Crippen molar-refractivity contribution in [1.82, 2.24) is 4.98 Å². The van der Waals surface area contributed by atoms with Crippen LogP contribution in [0.25, 0.3) is 5.70 Å².